The van der Waals surface area contributed by atoms with Crippen LogP contribution in [0.1, 0.15) is 37.8 Å². The molecule has 1 fully saturated rings. The van der Waals surface area contributed by atoms with E-state index in [9.17, 15) is 0 Å². The van der Waals surface area contributed by atoms with Crippen molar-refractivity contribution in [3.8, 4) is 11.5 Å². The summed E-state index contributed by atoms with van der Waals surface area (Å²) in [6.07, 6.45) is 3.75. The fourth-order valence-electron chi connectivity index (χ4n) is 3.33. The Bertz CT molecular complexity index is 591. The van der Waals surface area contributed by atoms with E-state index >= 15 is 0 Å². The van der Waals surface area contributed by atoms with Crippen LogP contribution < -0.4 is 10.1 Å². The van der Waals surface area contributed by atoms with Gasteiger partial charge in [-0.1, -0.05) is 50.1 Å². The highest BCUT2D eigenvalue weighted by molar-refractivity contribution is 5.34. The molecule has 0 saturated carbocycles. The highest BCUT2D eigenvalue weighted by Gasteiger charge is 2.21. The molecular weight excluding hydrogens is 296 g/mol. The van der Waals surface area contributed by atoms with Crippen LogP contribution in [0.25, 0.3) is 0 Å². The minimum absolute atomic E-state index is 0.526. The third-order valence-electron chi connectivity index (χ3n) is 4.67. The molecule has 0 aliphatic carbocycles. The average molecular weight is 324 g/mol. The highest BCUT2D eigenvalue weighted by atomic mass is 16.5. The lowest BCUT2D eigenvalue weighted by molar-refractivity contribution is 0.163. The first-order chi connectivity index (χ1) is 11.9. The molecule has 3 nitrogen and oxygen atoms in total. The van der Waals surface area contributed by atoms with Gasteiger partial charge in [0.2, 0.25) is 0 Å². The van der Waals surface area contributed by atoms with Crippen LogP contribution in [0.5, 0.6) is 11.5 Å². The van der Waals surface area contributed by atoms with Crippen molar-refractivity contribution in [3.63, 3.8) is 0 Å². The molecule has 3 heteroatoms. The molecule has 1 atom stereocenters. The molecule has 1 aliphatic heterocycles. The lowest BCUT2D eigenvalue weighted by Crippen LogP contribution is -2.45. The van der Waals surface area contributed by atoms with Gasteiger partial charge in [-0.15, -0.1) is 0 Å². The minimum Gasteiger partial charge on any atom is -0.457 e. The summed E-state index contributed by atoms with van der Waals surface area (Å²) in [6, 6.07) is 19.2. The van der Waals surface area contributed by atoms with Gasteiger partial charge in [-0.2, -0.15) is 0 Å². The zero-order chi connectivity index (χ0) is 16.6. The number of hydrogen-bond acceptors (Lipinski definition) is 3. The number of rotatable bonds is 7. The van der Waals surface area contributed by atoms with Gasteiger partial charge in [0.05, 0.1) is 0 Å². The third kappa shape index (κ3) is 4.59. The number of nitrogens with zero attached hydrogens (tertiary/aromatic N) is 1. The fourth-order valence-corrected chi connectivity index (χ4v) is 3.33. The van der Waals surface area contributed by atoms with Crippen LogP contribution in [0.3, 0.4) is 0 Å². The molecule has 0 unspecified atom stereocenters. The SMILES string of the molecule is CCCC[C@H](c1ccc(Oc2ccccc2)cc1)N1CCNCC1. The predicted molar refractivity (Wildman–Crippen MR) is 99.7 cm³/mol. The van der Waals surface area contributed by atoms with Crippen molar-refractivity contribution in [2.75, 3.05) is 26.2 Å². The van der Waals surface area contributed by atoms with Gasteiger partial charge >= 0.3 is 0 Å². The van der Waals surface area contributed by atoms with Crippen molar-refractivity contribution in [1.29, 1.82) is 0 Å². The Kier molecular flexibility index (Phi) is 6.27. The molecule has 1 aliphatic rings. The first kappa shape index (κ1) is 17.0. The molecule has 2 aromatic carbocycles. The second-order valence-corrected chi connectivity index (χ2v) is 6.43. The molecule has 3 rings (SSSR count). The average Bonchev–Trinajstić information content (AvgIpc) is 2.65. The maximum Gasteiger partial charge on any atom is 0.127 e. The summed E-state index contributed by atoms with van der Waals surface area (Å²) in [4.78, 5) is 2.62. The lowest BCUT2D eigenvalue weighted by atomic mass is 9.98. The van der Waals surface area contributed by atoms with E-state index in [0.717, 1.165) is 37.7 Å². The van der Waals surface area contributed by atoms with Crippen molar-refractivity contribution in [1.82, 2.24) is 10.2 Å². The molecule has 128 valence electrons. The van der Waals surface area contributed by atoms with Gasteiger partial charge in [-0.3, -0.25) is 4.90 Å². The zero-order valence-electron chi connectivity index (χ0n) is 14.6. The number of para-hydroxylation sites is 1. The van der Waals surface area contributed by atoms with Crippen molar-refractivity contribution < 1.29 is 4.74 Å². The number of unbranched alkanes of at least 4 members (excludes halogenated alkanes) is 1. The summed E-state index contributed by atoms with van der Waals surface area (Å²) in [5, 5.41) is 3.45. The fraction of sp³-hybridized carbons (Fsp3) is 0.429. The second-order valence-electron chi connectivity index (χ2n) is 6.43. The molecule has 0 aromatic heterocycles. The van der Waals surface area contributed by atoms with Crippen LogP contribution >= 0.6 is 0 Å². The van der Waals surface area contributed by atoms with Crippen molar-refractivity contribution in [2.24, 2.45) is 0 Å². The van der Waals surface area contributed by atoms with E-state index in [1.807, 2.05) is 30.3 Å². The Labute approximate surface area is 145 Å². The van der Waals surface area contributed by atoms with Gasteiger partial charge < -0.3 is 10.1 Å². The van der Waals surface area contributed by atoms with E-state index in [1.165, 1.54) is 24.8 Å². The first-order valence-corrected chi connectivity index (χ1v) is 9.14. The van der Waals surface area contributed by atoms with E-state index in [1.54, 1.807) is 0 Å². The van der Waals surface area contributed by atoms with E-state index in [0.29, 0.717) is 6.04 Å². The first-order valence-electron chi connectivity index (χ1n) is 9.14. The van der Waals surface area contributed by atoms with Crippen LogP contribution in [0, 0.1) is 0 Å². The smallest absolute Gasteiger partial charge is 0.127 e. The lowest BCUT2D eigenvalue weighted by Gasteiger charge is -2.35. The van der Waals surface area contributed by atoms with Gasteiger partial charge in [0.15, 0.2) is 0 Å². The van der Waals surface area contributed by atoms with Crippen molar-refractivity contribution >= 4 is 0 Å². The van der Waals surface area contributed by atoms with Crippen LogP contribution in [0.4, 0.5) is 0 Å². The normalized spacial score (nSPS) is 16.7. The summed E-state index contributed by atoms with van der Waals surface area (Å²) >= 11 is 0. The number of ether oxygens (including phenoxy) is 1. The summed E-state index contributed by atoms with van der Waals surface area (Å²) in [6.45, 7) is 6.73. The topological polar surface area (TPSA) is 24.5 Å². The molecule has 0 bridgehead atoms. The second kappa shape index (κ2) is 8.86. The molecule has 1 heterocycles. The third-order valence-corrected chi connectivity index (χ3v) is 4.67. The Morgan fingerprint density at radius 2 is 1.62 bits per heavy atom. The number of hydrogen-bond donors (Lipinski definition) is 1. The summed E-state index contributed by atoms with van der Waals surface area (Å²) < 4.78 is 5.92. The maximum absolute atomic E-state index is 5.92. The Morgan fingerprint density at radius 3 is 2.29 bits per heavy atom. The number of nitrogens with one attached hydrogen (secondary N) is 1. The highest BCUT2D eigenvalue weighted by Crippen LogP contribution is 2.29. The van der Waals surface area contributed by atoms with Crippen LogP contribution in [0.15, 0.2) is 54.6 Å². The largest absolute Gasteiger partial charge is 0.457 e. The quantitative estimate of drug-likeness (QED) is 0.804. The standard InChI is InChI=1S/C21H28N2O/c1-2-3-9-21(23-16-14-22-15-17-23)18-10-12-20(13-11-18)24-19-7-5-4-6-8-19/h4-8,10-13,21-22H,2-3,9,14-17H2,1H3/t21-/m1/s1. The Balaban J connectivity index is 1.70. The van der Waals surface area contributed by atoms with E-state index in [2.05, 4.69) is 41.4 Å². The minimum atomic E-state index is 0.526. The molecule has 0 spiro atoms. The van der Waals surface area contributed by atoms with Gasteiger partial charge in [0.25, 0.3) is 0 Å². The Hall–Kier alpha value is -1.84. The molecular formula is C21H28N2O. The summed E-state index contributed by atoms with van der Waals surface area (Å²) in [7, 11) is 0. The van der Waals surface area contributed by atoms with Crippen molar-refractivity contribution in [3.05, 3.63) is 60.2 Å². The summed E-state index contributed by atoms with van der Waals surface area (Å²) in [5.74, 6) is 1.79. The van der Waals surface area contributed by atoms with Crippen molar-refractivity contribution in [2.45, 2.75) is 32.2 Å². The Morgan fingerprint density at radius 1 is 0.958 bits per heavy atom. The molecule has 0 radical (unpaired) electrons. The molecule has 1 N–H and O–H groups in total. The van der Waals surface area contributed by atoms with E-state index in [-0.39, 0.29) is 0 Å². The molecule has 1 saturated heterocycles. The zero-order valence-corrected chi connectivity index (χ0v) is 14.6. The number of benzene rings is 2. The molecule has 24 heavy (non-hydrogen) atoms. The maximum atomic E-state index is 5.92. The predicted octanol–water partition coefficient (Wildman–Crippen LogP) is 4.62. The van der Waals surface area contributed by atoms with E-state index in [4.69, 9.17) is 4.74 Å². The van der Waals surface area contributed by atoms with Crippen LogP contribution in [0.2, 0.25) is 0 Å². The van der Waals surface area contributed by atoms with Crippen LogP contribution in [-0.4, -0.2) is 31.1 Å². The molecule has 0 amide bonds. The van der Waals surface area contributed by atoms with Gasteiger partial charge in [0.1, 0.15) is 11.5 Å². The molecule has 2 aromatic rings. The van der Waals surface area contributed by atoms with Crippen LogP contribution in [-0.2, 0) is 0 Å². The van der Waals surface area contributed by atoms with Gasteiger partial charge in [0, 0.05) is 32.2 Å². The summed E-state index contributed by atoms with van der Waals surface area (Å²) in [5.41, 5.74) is 1.41. The van der Waals surface area contributed by atoms with Gasteiger partial charge in [-0.25, -0.2) is 0 Å². The number of piperazine rings is 1. The van der Waals surface area contributed by atoms with E-state index < -0.39 is 0 Å². The monoisotopic (exact) mass is 324 g/mol. The van der Waals surface area contributed by atoms with Gasteiger partial charge in [-0.05, 0) is 36.2 Å².